The number of para-hydroxylation sites is 1. The first-order valence-electron chi connectivity index (χ1n) is 7.68. The fraction of sp³-hybridized carbons (Fsp3) is 0.100. The van der Waals surface area contributed by atoms with Crippen LogP contribution in [0.2, 0.25) is 0 Å². The molecule has 2 aromatic carbocycles. The topological polar surface area (TPSA) is 39.1 Å². The van der Waals surface area contributed by atoms with E-state index in [1.165, 1.54) is 3.97 Å². The average molecular weight is 337 g/mol. The van der Waals surface area contributed by atoms with E-state index >= 15 is 0 Å². The number of hydrogen-bond acceptors (Lipinski definition) is 2. The van der Waals surface area contributed by atoms with Crippen LogP contribution < -0.4 is 10.6 Å². The normalized spacial score (nSPS) is 12.6. The van der Waals surface area contributed by atoms with Crippen LogP contribution >= 0.6 is 0 Å². The van der Waals surface area contributed by atoms with Crippen LogP contribution in [-0.4, -0.2) is 12.4 Å². The Morgan fingerprint density at radius 2 is 1.75 bits per heavy atom. The van der Waals surface area contributed by atoms with Crippen LogP contribution in [0.25, 0.3) is 23.6 Å². The lowest BCUT2D eigenvalue weighted by molar-refractivity contribution is 0.588. The second-order valence-electron chi connectivity index (χ2n) is 5.69. The molecule has 0 radical (unpaired) electrons. The van der Waals surface area contributed by atoms with E-state index in [0.717, 1.165) is 10.9 Å². The van der Waals surface area contributed by atoms with Gasteiger partial charge in [-0.05, 0) is 31.5 Å². The standard InChI is InChI=1S/C20H19NO2S/c1-4-5-9-19-16(3)18-8-6-7-10-20(18)21(19)24(22,23)17-13-11-15(2)12-14-17/h4,6-14H,1,3,5H2,2H3/b19-9+. The fourth-order valence-electron chi connectivity index (χ4n) is 2.77. The van der Waals surface area contributed by atoms with Gasteiger partial charge in [-0.3, -0.25) is 0 Å². The summed E-state index contributed by atoms with van der Waals surface area (Å²) in [7, 11) is -3.71. The third-order valence-corrected chi connectivity index (χ3v) is 5.76. The van der Waals surface area contributed by atoms with E-state index < -0.39 is 10.0 Å². The van der Waals surface area contributed by atoms with E-state index in [2.05, 4.69) is 13.2 Å². The largest absolute Gasteiger partial charge is 0.268 e. The number of hydrogen-bond donors (Lipinski definition) is 0. The average Bonchev–Trinajstić information content (AvgIpc) is 2.86. The van der Waals surface area contributed by atoms with Gasteiger partial charge in [-0.25, -0.2) is 12.4 Å². The zero-order valence-electron chi connectivity index (χ0n) is 13.6. The van der Waals surface area contributed by atoms with Crippen molar-refractivity contribution in [3.8, 4) is 0 Å². The molecule has 0 fully saturated rings. The first-order chi connectivity index (χ1) is 11.5. The molecule has 0 amide bonds. The molecule has 3 rings (SSSR count). The van der Waals surface area contributed by atoms with Crippen molar-refractivity contribution in [1.82, 2.24) is 3.97 Å². The maximum atomic E-state index is 13.2. The zero-order chi connectivity index (χ0) is 17.3. The van der Waals surface area contributed by atoms with Gasteiger partial charge < -0.3 is 0 Å². The molecule has 0 N–H and O–H groups in total. The Morgan fingerprint density at radius 1 is 1.08 bits per heavy atom. The summed E-state index contributed by atoms with van der Waals surface area (Å²) in [5.74, 6) is 0. The third-order valence-electron chi connectivity index (χ3n) is 4.01. The van der Waals surface area contributed by atoms with Crippen molar-refractivity contribution in [2.45, 2.75) is 18.2 Å². The summed E-state index contributed by atoms with van der Waals surface area (Å²) in [6, 6.07) is 14.3. The van der Waals surface area contributed by atoms with E-state index in [1.807, 2.05) is 31.2 Å². The lowest BCUT2D eigenvalue weighted by atomic mass is 10.2. The molecule has 0 saturated carbocycles. The highest BCUT2D eigenvalue weighted by Gasteiger charge is 2.21. The maximum Gasteiger partial charge on any atom is 0.268 e. The van der Waals surface area contributed by atoms with Crippen molar-refractivity contribution in [2.75, 3.05) is 0 Å². The Hall–Kier alpha value is -2.59. The summed E-state index contributed by atoms with van der Waals surface area (Å²) in [6.07, 6.45) is 4.16. The molecule has 0 spiro atoms. The molecule has 122 valence electrons. The number of fused-ring (bicyclic) bond motifs is 1. The molecule has 1 aromatic heterocycles. The lowest BCUT2D eigenvalue weighted by Gasteiger charge is -2.09. The minimum Gasteiger partial charge on any atom is -0.234 e. The predicted molar refractivity (Wildman–Crippen MR) is 99.8 cm³/mol. The van der Waals surface area contributed by atoms with E-state index in [-0.39, 0.29) is 4.90 Å². The van der Waals surface area contributed by atoms with Crippen LogP contribution in [0, 0.1) is 6.92 Å². The van der Waals surface area contributed by atoms with Crippen molar-refractivity contribution in [3.63, 3.8) is 0 Å². The molecule has 0 unspecified atom stereocenters. The highest BCUT2D eigenvalue weighted by molar-refractivity contribution is 7.90. The van der Waals surface area contributed by atoms with Crippen LogP contribution in [0.1, 0.15) is 12.0 Å². The van der Waals surface area contributed by atoms with Gasteiger partial charge in [-0.2, -0.15) is 0 Å². The van der Waals surface area contributed by atoms with Gasteiger partial charge in [0.2, 0.25) is 0 Å². The fourth-order valence-corrected chi connectivity index (χ4v) is 4.32. The van der Waals surface area contributed by atoms with Gasteiger partial charge in [0.05, 0.1) is 15.8 Å². The second kappa shape index (κ2) is 6.13. The smallest absolute Gasteiger partial charge is 0.234 e. The molecule has 3 aromatic rings. The van der Waals surface area contributed by atoms with Crippen molar-refractivity contribution in [3.05, 3.63) is 77.3 Å². The number of aromatic nitrogens is 1. The van der Waals surface area contributed by atoms with Gasteiger partial charge in [0, 0.05) is 10.6 Å². The molecular formula is C20H19NO2S. The van der Waals surface area contributed by atoms with Crippen molar-refractivity contribution in [1.29, 1.82) is 0 Å². The van der Waals surface area contributed by atoms with E-state index in [1.54, 1.807) is 36.4 Å². The van der Waals surface area contributed by atoms with Gasteiger partial charge in [0.1, 0.15) is 0 Å². The molecule has 0 atom stereocenters. The highest BCUT2D eigenvalue weighted by atomic mass is 32.2. The molecule has 0 aliphatic rings. The third kappa shape index (κ3) is 2.59. The SMILES string of the molecule is C=CC/C=c1\c(=C)c2ccccc2n1S(=O)(=O)c1ccc(C)cc1. The summed E-state index contributed by atoms with van der Waals surface area (Å²) in [5, 5.41) is 2.14. The monoisotopic (exact) mass is 337 g/mol. The molecule has 0 aliphatic carbocycles. The lowest BCUT2D eigenvalue weighted by Crippen LogP contribution is -2.32. The number of benzene rings is 2. The van der Waals surface area contributed by atoms with Crippen LogP contribution in [0.4, 0.5) is 0 Å². The van der Waals surface area contributed by atoms with Crippen LogP contribution in [0.15, 0.2) is 66.1 Å². The summed E-state index contributed by atoms with van der Waals surface area (Å²) >= 11 is 0. The summed E-state index contributed by atoms with van der Waals surface area (Å²) in [5.41, 5.74) is 1.65. The Balaban J connectivity index is 2.42. The first-order valence-corrected chi connectivity index (χ1v) is 9.12. The molecule has 0 aliphatic heterocycles. The van der Waals surface area contributed by atoms with E-state index in [0.29, 0.717) is 22.5 Å². The first kappa shape index (κ1) is 16.3. The Morgan fingerprint density at radius 3 is 2.42 bits per heavy atom. The Bertz CT molecular complexity index is 1120. The van der Waals surface area contributed by atoms with E-state index in [9.17, 15) is 8.42 Å². The van der Waals surface area contributed by atoms with Crippen LogP contribution in [0.3, 0.4) is 0 Å². The highest BCUT2D eigenvalue weighted by Crippen LogP contribution is 2.18. The molecular weight excluding hydrogens is 318 g/mol. The molecule has 24 heavy (non-hydrogen) atoms. The van der Waals surface area contributed by atoms with Gasteiger partial charge in [-0.15, -0.1) is 6.58 Å². The molecule has 0 saturated heterocycles. The summed E-state index contributed by atoms with van der Waals surface area (Å²) < 4.78 is 27.9. The van der Waals surface area contributed by atoms with Crippen molar-refractivity contribution in [2.24, 2.45) is 0 Å². The molecule has 1 heterocycles. The minimum atomic E-state index is -3.71. The molecule has 0 bridgehead atoms. The van der Waals surface area contributed by atoms with Crippen molar-refractivity contribution < 1.29 is 8.42 Å². The second-order valence-corrected chi connectivity index (χ2v) is 7.48. The van der Waals surface area contributed by atoms with Gasteiger partial charge >= 0.3 is 0 Å². The zero-order valence-corrected chi connectivity index (χ0v) is 14.4. The Kier molecular flexibility index (Phi) is 4.16. The number of aryl methyl sites for hydroxylation is 1. The molecule has 3 nitrogen and oxygen atoms in total. The summed E-state index contributed by atoms with van der Waals surface area (Å²) in [4.78, 5) is 0.266. The van der Waals surface area contributed by atoms with Crippen LogP contribution in [0.5, 0.6) is 0 Å². The summed E-state index contributed by atoms with van der Waals surface area (Å²) in [6.45, 7) is 9.73. The van der Waals surface area contributed by atoms with Gasteiger partial charge in [-0.1, -0.05) is 54.6 Å². The minimum absolute atomic E-state index is 0.266. The van der Waals surface area contributed by atoms with Gasteiger partial charge in [0.15, 0.2) is 0 Å². The number of allylic oxidation sites excluding steroid dienone is 1. The van der Waals surface area contributed by atoms with Crippen molar-refractivity contribution >= 4 is 33.6 Å². The van der Waals surface area contributed by atoms with Gasteiger partial charge in [0.25, 0.3) is 10.0 Å². The predicted octanol–water partition coefficient (Wildman–Crippen LogP) is 2.95. The number of nitrogens with zero attached hydrogens (tertiary/aromatic N) is 1. The Labute approximate surface area is 141 Å². The quantitative estimate of drug-likeness (QED) is 0.687. The van der Waals surface area contributed by atoms with E-state index in [4.69, 9.17) is 0 Å². The van der Waals surface area contributed by atoms with Crippen LogP contribution in [-0.2, 0) is 10.0 Å². The molecule has 4 heteroatoms. The number of rotatable bonds is 4. The maximum absolute atomic E-state index is 13.2.